The predicted molar refractivity (Wildman–Crippen MR) is 106 cm³/mol. The molecular formula is C21H20N4O2. The molecule has 6 nitrogen and oxygen atoms in total. The smallest absolute Gasteiger partial charge is 0.258 e. The Bertz CT molecular complexity index is 933. The van der Waals surface area contributed by atoms with Gasteiger partial charge in [0.05, 0.1) is 5.56 Å². The van der Waals surface area contributed by atoms with Gasteiger partial charge in [0.15, 0.2) is 5.78 Å². The molecule has 0 spiro atoms. The number of carbonyl (C=O) groups excluding carboxylic acids is 2. The Balaban J connectivity index is 1.63. The number of aryl methyl sites for hydroxylation is 1. The molecular weight excluding hydrogens is 340 g/mol. The number of benzene rings is 2. The van der Waals surface area contributed by atoms with Crippen LogP contribution in [0.2, 0.25) is 0 Å². The van der Waals surface area contributed by atoms with Crippen LogP contribution in [0.3, 0.4) is 0 Å². The van der Waals surface area contributed by atoms with E-state index in [0.717, 1.165) is 12.1 Å². The molecule has 0 radical (unpaired) electrons. The molecule has 0 aliphatic heterocycles. The molecule has 1 aromatic heterocycles. The van der Waals surface area contributed by atoms with E-state index in [9.17, 15) is 9.59 Å². The van der Waals surface area contributed by atoms with Crippen molar-refractivity contribution in [2.45, 2.75) is 20.3 Å². The molecule has 2 aromatic carbocycles. The van der Waals surface area contributed by atoms with Crippen molar-refractivity contribution in [2.24, 2.45) is 0 Å². The molecule has 136 valence electrons. The topological polar surface area (TPSA) is 84.0 Å². The minimum absolute atomic E-state index is 0.0197. The molecule has 6 heteroatoms. The van der Waals surface area contributed by atoms with Gasteiger partial charge in [-0.15, -0.1) is 0 Å². The number of hydrogen-bond acceptors (Lipinski definition) is 5. The number of hydrogen-bond donors (Lipinski definition) is 2. The summed E-state index contributed by atoms with van der Waals surface area (Å²) in [5.74, 6) is 0.0831. The van der Waals surface area contributed by atoms with Gasteiger partial charge in [-0.3, -0.25) is 9.59 Å². The van der Waals surface area contributed by atoms with Gasteiger partial charge in [-0.25, -0.2) is 9.97 Å². The Hall–Kier alpha value is -3.54. The third-order valence-corrected chi connectivity index (χ3v) is 4.08. The van der Waals surface area contributed by atoms with Gasteiger partial charge in [-0.2, -0.15) is 0 Å². The number of nitrogens with one attached hydrogen (secondary N) is 2. The highest BCUT2D eigenvalue weighted by Crippen LogP contribution is 2.15. The molecule has 1 amide bonds. The van der Waals surface area contributed by atoms with Crippen LogP contribution in [-0.4, -0.2) is 21.7 Å². The van der Waals surface area contributed by atoms with Gasteiger partial charge >= 0.3 is 0 Å². The quantitative estimate of drug-likeness (QED) is 0.643. The Labute approximate surface area is 157 Å². The van der Waals surface area contributed by atoms with Crippen LogP contribution in [0.5, 0.6) is 0 Å². The molecule has 27 heavy (non-hydrogen) atoms. The Morgan fingerprint density at radius 2 is 1.44 bits per heavy atom. The molecule has 0 aliphatic carbocycles. The monoisotopic (exact) mass is 360 g/mol. The number of ketones is 1. The van der Waals surface area contributed by atoms with Crippen molar-refractivity contribution in [3.05, 3.63) is 77.6 Å². The van der Waals surface area contributed by atoms with Gasteiger partial charge < -0.3 is 10.6 Å². The summed E-state index contributed by atoms with van der Waals surface area (Å²) in [4.78, 5) is 32.0. The number of Topliss-reactive ketones (excluding diaryl/α,β-unsaturated/α-hetero) is 1. The van der Waals surface area contributed by atoms with Crippen LogP contribution in [0.15, 0.2) is 60.9 Å². The van der Waals surface area contributed by atoms with Crippen molar-refractivity contribution in [3.8, 4) is 0 Å². The predicted octanol–water partition coefficient (Wildman–Crippen LogP) is 4.24. The molecule has 0 aliphatic rings. The van der Waals surface area contributed by atoms with E-state index < -0.39 is 0 Å². The zero-order valence-corrected chi connectivity index (χ0v) is 15.2. The first-order valence-electron chi connectivity index (χ1n) is 8.65. The molecule has 0 saturated heterocycles. The number of rotatable bonds is 6. The summed E-state index contributed by atoms with van der Waals surface area (Å²) in [6.07, 6.45) is 3.92. The van der Waals surface area contributed by atoms with Crippen LogP contribution in [0.25, 0.3) is 0 Å². The number of nitrogens with zero attached hydrogens (tertiary/aromatic N) is 2. The Morgan fingerprint density at radius 1 is 0.852 bits per heavy atom. The van der Waals surface area contributed by atoms with E-state index >= 15 is 0 Å². The SMILES string of the molecule is CCc1ccc(Nc2ncc(C(=O)Nc3ccc(C(C)=O)cc3)cn2)cc1. The van der Waals surface area contributed by atoms with Crippen molar-refractivity contribution in [2.75, 3.05) is 10.6 Å². The summed E-state index contributed by atoms with van der Waals surface area (Å²) in [5.41, 5.74) is 3.68. The second-order valence-corrected chi connectivity index (χ2v) is 6.06. The highest BCUT2D eigenvalue weighted by atomic mass is 16.1. The van der Waals surface area contributed by atoms with E-state index in [2.05, 4.69) is 27.5 Å². The number of aromatic nitrogens is 2. The first-order chi connectivity index (χ1) is 13.0. The lowest BCUT2D eigenvalue weighted by Crippen LogP contribution is -2.13. The zero-order valence-electron chi connectivity index (χ0n) is 15.2. The average Bonchev–Trinajstić information content (AvgIpc) is 2.69. The second kappa shape index (κ2) is 8.23. The molecule has 0 atom stereocenters. The van der Waals surface area contributed by atoms with E-state index in [1.54, 1.807) is 24.3 Å². The molecule has 3 aromatic rings. The van der Waals surface area contributed by atoms with E-state index in [4.69, 9.17) is 0 Å². The van der Waals surface area contributed by atoms with Crippen molar-refractivity contribution < 1.29 is 9.59 Å². The van der Waals surface area contributed by atoms with Gasteiger partial charge in [0.25, 0.3) is 5.91 Å². The molecule has 1 heterocycles. The second-order valence-electron chi connectivity index (χ2n) is 6.06. The van der Waals surface area contributed by atoms with Crippen molar-refractivity contribution in [3.63, 3.8) is 0 Å². The number of amides is 1. The molecule has 0 fully saturated rings. The minimum atomic E-state index is -0.315. The summed E-state index contributed by atoms with van der Waals surface area (Å²) in [6.45, 7) is 3.60. The van der Waals surface area contributed by atoms with Gasteiger partial charge in [-0.05, 0) is 55.3 Å². The maximum absolute atomic E-state index is 12.3. The molecule has 0 saturated carbocycles. The highest BCUT2D eigenvalue weighted by molar-refractivity contribution is 6.04. The molecule has 2 N–H and O–H groups in total. The van der Waals surface area contributed by atoms with E-state index in [1.165, 1.54) is 24.9 Å². The van der Waals surface area contributed by atoms with Crippen LogP contribution in [-0.2, 0) is 6.42 Å². The van der Waals surface area contributed by atoms with Crippen LogP contribution in [0.4, 0.5) is 17.3 Å². The fraction of sp³-hybridized carbons (Fsp3) is 0.143. The van der Waals surface area contributed by atoms with Crippen molar-refractivity contribution in [1.29, 1.82) is 0 Å². The summed E-state index contributed by atoms with van der Waals surface area (Å²) >= 11 is 0. The lowest BCUT2D eigenvalue weighted by Gasteiger charge is -2.07. The number of carbonyl (C=O) groups is 2. The lowest BCUT2D eigenvalue weighted by atomic mass is 10.1. The Morgan fingerprint density at radius 3 is 2.00 bits per heavy atom. The normalized spacial score (nSPS) is 10.3. The van der Waals surface area contributed by atoms with E-state index in [0.29, 0.717) is 22.8 Å². The summed E-state index contributed by atoms with van der Waals surface area (Å²) in [5, 5.41) is 5.86. The summed E-state index contributed by atoms with van der Waals surface area (Å²) in [6, 6.07) is 14.7. The van der Waals surface area contributed by atoms with E-state index in [-0.39, 0.29) is 11.7 Å². The largest absolute Gasteiger partial charge is 0.324 e. The number of anilines is 3. The van der Waals surface area contributed by atoms with Gasteiger partial charge in [-0.1, -0.05) is 19.1 Å². The van der Waals surface area contributed by atoms with Crippen LogP contribution >= 0.6 is 0 Å². The fourth-order valence-corrected chi connectivity index (χ4v) is 2.45. The van der Waals surface area contributed by atoms with Crippen LogP contribution in [0, 0.1) is 0 Å². The zero-order chi connectivity index (χ0) is 19.2. The molecule has 3 rings (SSSR count). The third-order valence-electron chi connectivity index (χ3n) is 4.08. The third kappa shape index (κ3) is 4.76. The van der Waals surface area contributed by atoms with Gasteiger partial charge in [0.1, 0.15) is 0 Å². The minimum Gasteiger partial charge on any atom is -0.324 e. The van der Waals surface area contributed by atoms with Crippen LogP contribution < -0.4 is 10.6 Å². The maximum atomic E-state index is 12.3. The van der Waals surface area contributed by atoms with Crippen LogP contribution in [0.1, 0.15) is 40.1 Å². The van der Waals surface area contributed by atoms with Crippen molar-refractivity contribution in [1.82, 2.24) is 9.97 Å². The Kier molecular flexibility index (Phi) is 5.56. The van der Waals surface area contributed by atoms with Gasteiger partial charge in [0, 0.05) is 29.3 Å². The first-order valence-corrected chi connectivity index (χ1v) is 8.65. The van der Waals surface area contributed by atoms with E-state index in [1.807, 2.05) is 24.3 Å². The first kappa shape index (κ1) is 18.3. The highest BCUT2D eigenvalue weighted by Gasteiger charge is 2.08. The van der Waals surface area contributed by atoms with Crippen molar-refractivity contribution >= 4 is 29.0 Å². The summed E-state index contributed by atoms with van der Waals surface area (Å²) in [7, 11) is 0. The lowest BCUT2D eigenvalue weighted by molar-refractivity contribution is 0.101. The molecule has 0 unspecified atom stereocenters. The maximum Gasteiger partial charge on any atom is 0.258 e. The molecule has 0 bridgehead atoms. The average molecular weight is 360 g/mol. The summed E-state index contributed by atoms with van der Waals surface area (Å²) < 4.78 is 0. The van der Waals surface area contributed by atoms with Gasteiger partial charge in [0.2, 0.25) is 5.95 Å². The standard InChI is InChI=1S/C21H20N4O2/c1-3-15-4-8-19(9-5-15)25-21-22-12-17(13-23-21)20(27)24-18-10-6-16(7-11-18)14(2)26/h4-13H,3H2,1-2H3,(H,24,27)(H,22,23,25). The fourth-order valence-electron chi connectivity index (χ4n) is 2.45.